The number of fused-ring (bicyclic) bond motifs is 2. The summed E-state index contributed by atoms with van der Waals surface area (Å²) >= 11 is 0. The molecule has 0 spiro atoms. The number of amides is 2. The Morgan fingerprint density at radius 3 is 2.50 bits per heavy atom. The Morgan fingerprint density at radius 2 is 1.76 bits per heavy atom. The van der Waals surface area contributed by atoms with E-state index >= 15 is 0 Å². The molecule has 2 aliphatic rings. The van der Waals surface area contributed by atoms with E-state index in [4.69, 9.17) is 4.74 Å². The second kappa shape index (κ2) is 10.6. The third-order valence-corrected chi connectivity index (χ3v) is 8.30. The van der Waals surface area contributed by atoms with Crippen LogP contribution in [0.15, 0.2) is 42.7 Å². The van der Waals surface area contributed by atoms with E-state index in [2.05, 4.69) is 40.1 Å². The van der Waals surface area contributed by atoms with Crippen molar-refractivity contribution >= 4 is 23.0 Å². The van der Waals surface area contributed by atoms with E-state index in [1.54, 1.807) is 0 Å². The Morgan fingerprint density at radius 1 is 1.00 bits per heavy atom. The SMILES string of the molecule is Cc1cc(C(=O)N2CCc3c(cc(-c4cnc5[nH]cc(C)c5c4)cc3[C@@H]3CCCN3C(=O)OC(C)(C)C)C2)cc(C)n1. The third kappa shape index (κ3) is 5.38. The predicted molar refractivity (Wildman–Crippen MR) is 163 cm³/mol. The van der Waals surface area contributed by atoms with Gasteiger partial charge in [-0.2, -0.15) is 0 Å². The lowest BCUT2D eigenvalue weighted by Crippen LogP contribution is -2.38. The van der Waals surface area contributed by atoms with Crippen LogP contribution in [0.4, 0.5) is 4.79 Å². The van der Waals surface area contributed by atoms with E-state index < -0.39 is 5.60 Å². The van der Waals surface area contributed by atoms with Crippen LogP contribution in [-0.4, -0.2) is 55.4 Å². The van der Waals surface area contributed by atoms with Crippen molar-refractivity contribution in [3.63, 3.8) is 0 Å². The molecule has 1 fully saturated rings. The summed E-state index contributed by atoms with van der Waals surface area (Å²) in [7, 11) is 0. The number of hydrogen-bond acceptors (Lipinski definition) is 5. The number of nitrogens with one attached hydrogen (secondary N) is 1. The van der Waals surface area contributed by atoms with Crippen molar-refractivity contribution < 1.29 is 14.3 Å². The highest BCUT2D eigenvalue weighted by molar-refractivity contribution is 5.94. The highest BCUT2D eigenvalue weighted by atomic mass is 16.6. The minimum absolute atomic E-state index is 0.0171. The summed E-state index contributed by atoms with van der Waals surface area (Å²) in [6.07, 6.45) is 6.13. The molecule has 2 aliphatic heterocycles. The van der Waals surface area contributed by atoms with Crippen molar-refractivity contribution in [2.45, 2.75) is 79.0 Å². The average Bonchev–Trinajstić information content (AvgIpc) is 3.57. The summed E-state index contributed by atoms with van der Waals surface area (Å²) in [4.78, 5) is 43.2. The molecule has 5 heterocycles. The van der Waals surface area contributed by atoms with E-state index in [0.29, 0.717) is 25.2 Å². The second-order valence-corrected chi connectivity index (χ2v) is 12.7. The molecule has 1 saturated heterocycles. The quantitative estimate of drug-likeness (QED) is 0.294. The number of aromatic nitrogens is 3. The van der Waals surface area contributed by atoms with Crippen molar-refractivity contribution in [1.82, 2.24) is 24.8 Å². The summed E-state index contributed by atoms with van der Waals surface area (Å²) in [5, 5.41) is 1.09. The molecule has 0 unspecified atom stereocenters. The van der Waals surface area contributed by atoms with Crippen LogP contribution in [0, 0.1) is 20.8 Å². The van der Waals surface area contributed by atoms with Gasteiger partial charge in [0.1, 0.15) is 11.2 Å². The first-order valence-electron chi connectivity index (χ1n) is 14.8. The van der Waals surface area contributed by atoms with E-state index in [0.717, 1.165) is 69.5 Å². The average molecular weight is 566 g/mol. The number of carbonyl (C=O) groups excluding carboxylic acids is 2. The number of rotatable bonds is 3. The number of nitrogens with zero attached hydrogens (tertiary/aromatic N) is 4. The predicted octanol–water partition coefficient (Wildman–Crippen LogP) is 6.82. The zero-order valence-electron chi connectivity index (χ0n) is 25.4. The first-order valence-corrected chi connectivity index (χ1v) is 14.8. The fraction of sp³-hybridized carbons (Fsp3) is 0.412. The van der Waals surface area contributed by atoms with Gasteiger partial charge in [0.05, 0.1) is 6.04 Å². The fourth-order valence-electron chi connectivity index (χ4n) is 6.43. The molecule has 6 rings (SSSR count). The molecule has 1 atom stereocenters. The monoisotopic (exact) mass is 565 g/mol. The van der Waals surface area contributed by atoms with E-state index in [-0.39, 0.29) is 18.0 Å². The minimum atomic E-state index is -0.564. The Hall–Kier alpha value is -4.20. The molecule has 0 radical (unpaired) electrons. The topological polar surface area (TPSA) is 91.4 Å². The molecule has 2 amide bonds. The molecule has 0 bridgehead atoms. The third-order valence-electron chi connectivity index (χ3n) is 8.30. The molecular formula is C34H39N5O3. The summed E-state index contributed by atoms with van der Waals surface area (Å²) < 4.78 is 5.82. The van der Waals surface area contributed by atoms with Gasteiger partial charge < -0.3 is 19.5 Å². The minimum Gasteiger partial charge on any atom is -0.444 e. The number of hydrogen-bond donors (Lipinski definition) is 1. The molecule has 0 aliphatic carbocycles. The molecule has 8 nitrogen and oxygen atoms in total. The number of H-pyrrole nitrogens is 1. The molecule has 0 saturated carbocycles. The van der Waals surface area contributed by atoms with E-state index in [9.17, 15) is 9.59 Å². The lowest BCUT2D eigenvalue weighted by atomic mass is 9.86. The maximum absolute atomic E-state index is 13.7. The molecule has 4 aromatic rings. The largest absolute Gasteiger partial charge is 0.444 e. The summed E-state index contributed by atoms with van der Waals surface area (Å²) in [6, 6.07) is 10.3. The molecule has 218 valence electrons. The summed E-state index contributed by atoms with van der Waals surface area (Å²) in [6.45, 7) is 13.4. The van der Waals surface area contributed by atoms with Crippen LogP contribution in [0.25, 0.3) is 22.2 Å². The van der Waals surface area contributed by atoms with Crippen LogP contribution < -0.4 is 0 Å². The zero-order chi connectivity index (χ0) is 29.8. The number of pyridine rings is 2. The van der Waals surface area contributed by atoms with Crippen LogP contribution in [0.2, 0.25) is 0 Å². The van der Waals surface area contributed by atoms with Crippen molar-refractivity contribution in [3.8, 4) is 11.1 Å². The Kier molecular flexibility index (Phi) is 7.03. The number of ether oxygens (including phenoxy) is 1. The molecule has 1 N–H and O–H groups in total. The molecule has 1 aromatic carbocycles. The first-order chi connectivity index (χ1) is 20.0. The van der Waals surface area contributed by atoms with Crippen molar-refractivity contribution in [1.29, 1.82) is 0 Å². The van der Waals surface area contributed by atoms with Gasteiger partial charge in [0.25, 0.3) is 5.91 Å². The van der Waals surface area contributed by atoms with Gasteiger partial charge in [-0.25, -0.2) is 9.78 Å². The van der Waals surface area contributed by atoms with Crippen molar-refractivity contribution in [2.75, 3.05) is 13.1 Å². The number of carbonyl (C=O) groups is 2. The number of aromatic amines is 1. The van der Waals surface area contributed by atoms with Gasteiger partial charge in [0, 0.05) is 59.9 Å². The second-order valence-electron chi connectivity index (χ2n) is 12.7. The van der Waals surface area contributed by atoms with Gasteiger partial charge in [0.2, 0.25) is 0 Å². The number of aryl methyl sites for hydroxylation is 3. The zero-order valence-corrected chi connectivity index (χ0v) is 25.4. The van der Waals surface area contributed by atoms with Crippen LogP contribution in [0.1, 0.15) is 83.7 Å². The molecule has 42 heavy (non-hydrogen) atoms. The summed E-state index contributed by atoms with van der Waals surface area (Å²) in [5.74, 6) is 0.0171. The number of likely N-dealkylation sites (tertiary alicyclic amines) is 1. The molecule has 8 heteroatoms. The lowest BCUT2D eigenvalue weighted by molar-refractivity contribution is 0.0223. The molecule has 3 aromatic heterocycles. The van der Waals surface area contributed by atoms with Gasteiger partial charge in [-0.15, -0.1) is 0 Å². The highest BCUT2D eigenvalue weighted by Crippen LogP contribution is 2.40. The van der Waals surface area contributed by atoms with Crippen molar-refractivity contribution in [3.05, 3.63) is 81.9 Å². The lowest BCUT2D eigenvalue weighted by Gasteiger charge is -2.34. The van der Waals surface area contributed by atoms with Crippen molar-refractivity contribution in [2.24, 2.45) is 0 Å². The van der Waals surface area contributed by atoms with E-state index in [1.165, 1.54) is 5.56 Å². The van der Waals surface area contributed by atoms with Crippen LogP contribution >= 0.6 is 0 Å². The van der Waals surface area contributed by atoms with Gasteiger partial charge in [-0.05, 0) is 119 Å². The van der Waals surface area contributed by atoms with Gasteiger partial charge in [-0.3, -0.25) is 9.78 Å². The first kappa shape index (κ1) is 27.9. The smallest absolute Gasteiger partial charge is 0.410 e. The van der Waals surface area contributed by atoms with Gasteiger partial charge in [-0.1, -0.05) is 0 Å². The van der Waals surface area contributed by atoms with Gasteiger partial charge >= 0.3 is 6.09 Å². The van der Waals surface area contributed by atoms with Crippen LogP contribution in [-0.2, 0) is 17.7 Å². The van der Waals surface area contributed by atoms with Crippen LogP contribution in [0.5, 0.6) is 0 Å². The molecular weight excluding hydrogens is 526 g/mol. The Bertz CT molecular complexity index is 1680. The van der Waals surface area contributed by atoms with Crippen LogP contribution in [0.3, 0.4) is 0 Å². The van der Waals surface area contributed by atoms with E-state index in [1.807, 2.05) is 68.9 Å². The highest BCUT2D eigenvalue weighted by Gasteiger charge is 2.36. The van der Waals surface area contributed by atoms with Gasteiger partial charge in [0.15, 0.2) is 0 Å². The maximum atomic E-state index is 13.7. The Balaban J connectivity index is 1.42. The summed E-state index contributed by atoms with van der Waals surface area (Å²) in [5.41, 5.74) is 9.35. The Labute approximate surface area is 247 Å². The fourth-order valence-corrected chi connectivity index (χ4v) is 6.43. The normalized spacial score (nSPS) is 17.0. The standard InChI is InChI=1S/C34H39N5O3/c1-20-17-35-31-28(20)16-25(18-36-31)23-14-26-19-38(32(40)24-12-21(2)37-22(3)13-24)11-9-27(26)29(15-23)30-8-7-10-39(30)33(41)42-34(4,5)6/h12-18,30H,7-11,19H2,1-6H3,(H,35,36)/t30-/m0/s1. The maximum Gasteiger partial charge on any atom is 0.410 e. The number of benzene rings is 1.